The summed E-state index contributed by atoms with van der Waals surface area (Å²) in [5.41, 5.74) is 2.98. The molecule has 18 heavy (non-hydrogen) atoms. The fourth-order valence-electron chi connectivity index (χ4n) is 2.49. The summed E-state index contributed by atoms with van der Waals surface area (Å²) in [5.74, 6) is -1.19. The Balaban J connectivity index is 2.12. The molecule has 0 spiro atoms. The minimum atomic E-state index is -1.13. The predicted molar refractivity (Wildman–Crippen MR) is 69.2 cm³/mol. The molecule has 0 aromatic heterocycles. The van der Waals surface area contributed by atoms with Crippen LogP contribution in [0, 0.1) is 0 Å². The Labute approximate surface area is 107 Å². The van der Waals surface area contributed by atoms with E-state index in [1.54, 1.807) is 0 Å². The van der Waals surface area contributed by atoms with Crippen molar-refractivity contribution in [2.75, 3.05) is 14.2 Å². The molecule has 0 radical (unpaired) electrons. The molecular weight excluding hydrogens is 228 g/mol. The van der Waals surface area contributed by atoms with Crippen LogP contribution in [0.5, 0.6) is 0 Å². The highest BCUT2D eigenvalue weighted by molar-refractivity contribution is 6.10. The maximum absolute atomic E-state index is 11.9. The molecule has 96 valence electrons. The van der Waals surface area contributed by atoms with Crippen molar-refractivity contribution in [3.05, 3.63) is 47.0 Å². The summed E-state index contributed by atoms with van der Waals surface area (Å²) in [6.07, 6.45) is 1.67. The van der Waals surface area contributed by atoms with E-state index in [1.165, 1.54) is 19.8 Å². The number of hydrogen-bond donors (Lipinski definition) is 0. The normalized spacial score (nSPS) is 17.8. The maximum atomic E-state index is 11.9. The molecule has 3 nitrogen and oxygen atoms in total. The van der Waals surface area contributed by atoms with Gasteiger partial charge in [0.1, 0.15) is 0 Å². The van der Waals surface area contributed by atoms with E-state index in [0.717, 1.165) is 24.0 Å². The largest absolute Gasteiger partial charge is 0.343 e. The molecule has 0 N–H and O–H groups in total. The van der Waals surface area contributed by atoms with Crippen LogP contribution in [0.3, 0.4) is 0 Å². The van der Waals surface area contributed by atoms with E-state index >= 15 is 0 Å². The summed E-state index contributed by atoms with van der Waals surface area (Å²) in [5, 5.41) is 0. The molecule has 0 saturated carbocycles. The van der Waals surface area contributed by atoms with Crippen molar-refractivity contribution < 1.29 is 14.3 Å². The van der Waals surface area contributed by atoms with Gasteiger partial charge in [-0.15, -0.1) is 0 Å². The van der Waals surface area contributed by atoms with Gasteiger partial charge in [0.25, 0.3) is 5.79 Å². The van der Waals surface area contributed by atoms with Crippen LogP contribution in [0.4, 0.5) is 0 Å². The van der Waals surface area contributed by atoms with Crippen LogP contribution in [-0.2, 0) is 20.7 Å². The first-order chi connectivity index (χ1) is 8.65. The third kappa shape index (κ3) is 1.89. The second-order valence-corrected chi connectivity index (χ2v) is 4.44. The van der Waals surface area contributed by atoms with Gasteiger partial charge in [-0.2, -0.15) is 0 Å². The van der Waals surface area contributed by atoms with Gasteiger partial charge in [0.15, 0.2) is 0 Å². The molecule has 0 heterocycles. The first-order valence-electron chi connectivity index (χ1n) is 6.05. The van der Waals surface area contributed by atoms with Crippen LogP contribution in [-0.4, -0.2) is 25.8 Å². The van der Waals surface area contributed by atoms with Gasteiger partial charge in [0.05, 0.1) is 0 Å². The van der Waals surface area contributed by atoms with Gasteiger partial charge >= 0.3 is 0 Å². The van der Waals surface area contributed by atoms with Crippen molar-refractivity contribution in [2.45, 2.75) is 25.6 Å². The van der Waals surface area contributed by atoms with Crippen molar-refractivity contribution in [3.63, 3.8) is 0 Å². The van der Waals surface area contributed by atoms with E-state index in [4.69, 9.17) is 9.47 Å². The molecule has 3 heteroatoms. The minimum Gasteiger partial charge on any atom is -0.343 e. The molecule has 0 amide bonds. The average Bonchev–Trinajstić information content (AvgIpc) is 2.43. The molecular formula is C15H18O3. The lowest BCUT2D eigenvalue weighted by atomic mass is 9.78. The monoisotopic (exact) mass is 246 g/mol. The van der Waals surface area contributed by atoms with E-state index in [0.29, 0.717) is 0 Å². The summed E-state index contributed by atoms with van der Waals surface area (Å²) < 4.78 is 10.6. The zero-order valence-electron chi connectivity index (χ0n) is 11.0. The molecule has 0 aliphatic heterocycles. The predicted octanol–water partition coefficient (Wildman–Crippen LogP) is 2.51. The number of ether oxygens (including phenoxy) is 2. The Morgan fingerprint density at radius 1 is 1.06 bits per heavy atom. The van der Waals surface area contributed by atoms with Crippen LogP contribution < -0.4 is 0 Å². The SMILES string of the molecule is COC1(OC)C(=O)C(C)=C1CCc1ccccc1. The van der Waals surface area contributed by atoms with E-state index in [9.17, 15) is 4.79 Å². The number of methoxy groups -OCH3 is 2. The highest BCUT2D eigenvalue weighted by atomic mass is 16.7. The molecule has 1 aromatic carbocycles. The summed E-state index contributed by atoms with van der Waals surface area (Å²) >= 11 is 0. The fourth-order valence-corrected chi connectivity index (χ4v) is 2.49. The van der Waals surface area contributed by atoms with Crippen LogP contribution >= 0.6 is 0 Å². The number of aryl methyl sites for hydroxylation is 1. The van der Waals surface area contributed by atoms with Gasteiger partial charge < -0.3 is 9.47 Å². The number of hydrogen-bond acceptors (Lipinski definition) is 3. The topological polar surface area (TPSA) is 35.5 Å². The first kappa shape index (κ1) is 13.0. The molecule has 0 saturated heterocycles. The summed E-state index contributed by atoms with van der Waals surface area (Å²) in [4.78, 5) is 11.9. The molecule has 0 bridgehead atoms. The molecule has 0 unspecified atom stereocenters. The minimum absolute atomic E-state index is 0.0597. The number of Topliss-reactive ketones (excluding diaryl/α,β-unsaturated/α-hetero) is 1. The Kier molecular flexibility index (Phi) is 3.64. The van der Waals surface area contributed by atoms with Crippen LogP contribution in [0.1, 0.15) is 18.9 Å². The highest BCUT2D eigenvalue weighted by Gasteiger charge is 2.52. The molecule has 1 aliphatic rings. The average molecular weight is 246 g/mol. The van der Waals surface area contributed by atoms with Crippen LogP contribution in [0.2, 0.25) is 0 Å². The number of rotatable bonds is 5. The fraction of sp³-hybridized carbons (Fsp3) is 0.400. The van der Waals surface area contributed by atoms with Gasteiger partial charge in [-0.1, -0.05) is 30.3 Å². The van der Waals surface area contributed by atoms with E-state index in [2.05, 4.69) is 12.1 Å². The second-order valence-electron chi connectivity index (χ2n) is 4.44. The van der Waals surface area contributed by atoms with Crippen LogP contribution in [0.25, 0.3) is 0 Å². The Bertz CT molecular complexity index is 470. The smallest absolute Gasteiger partial charge is 0.256 e. The lowest BCUT2D eigenvalue weighted by molar-refractivity contribution is -0.196. The standard InChI is InChI=1S/C15H18O3/c1-11-13(15(17-2,18-3)14(11)16)10-9-12-7-5-4-6-8-12/h4-8H,9-10H2,1-3H3. The highest BCUT2D eigenvalue weighted by Crippen LogP contribution is 2.40. The van der Waals surface area contributed by atoms with Gasteiger partial charge in [-0.25, -0.2) is 0 Å². The number of ketones is 1. The summed E-state index contributed by atoms with van der Waals surface area (Å²) in [7, 11) is 3.02. The number of benzene rings is 1. The van der Waals surface area contributed by atoms with Gasteiger partial charge in [0.2, 0.25) is 5.78 Å². The van der Waals surface area contributed by atoms with E-state index in [1.807, 2.05) is 25.1 Å². The van der Waals surface area contributed by atoms with Crippen molar-refractivity contribution in [2.24, 2.45) is 0 Å². The summed E-state index contributed by atoms with van der Waals surface area (Å²) in [6.45, 7) is 1.83. The van der Waals surface area contributed by atoms with Crippen molar-refractivity contribution in [3.8, 4) is 0 Å². The van der Waals surface area contributed by atoms with E-state index < -0.39 is 5.79 Å². The second kappa shape index (κ2) is 5.04. The Morgan fingerprint density at radius 2 is 1.67 bits per heavy atom. The molecule has 1 aromatic rings. The number of carbonyl (C=O) groups is 1. The Hall–Kier alpha value is -1.45. The Morgan fingerprint density at radius 3 is 2.22 bits per heavy atom. The van der Waals surface area contributed by atoms with Gasteiger partial charge in [0, 0.05) is 25.4 Å². The first-order valence-corrected chi connectivity index (χ1v) is 6.05. The molecule has 0 atom stereocenters. The maximum Gasteiger partial charge on any atom is 0.256 e. The molecule has 1 aliphatic carbocycles. The lowest BCUT2D eigenvalue weighted by Crippen LogP contribution is -2.53. The van der Waals surface area contributed by atoms with Crippen LogP contribution in [0.15, 0.2) is 41.5 Å². The summed E-state index contributed by atoms with van der Waals surface area (Å²) in [6, 6.07) is 10.2. The van der Waals surface area contributed by atoms with Crippen molar-refractivity contribution >= 4 is 5.78 Å². The van der Waals surface area contributed by atoms with Crippen molar-refractivity contribution in [1.29, 1.82) is 0 Å². The number of carbonyl (C=O) groups excluding carboxylic acids is 1. The lowest BCUT2D eigenvalue weighted by Gasteiger charge is -2.40. The molecule has 0 fully saturated rings. The molecule has 2 rings (SSSR count). The van der Waals surface area contributed by atoms with Gasteiger partial charge in [-0.3, -0.25) is 4.79 Å². The van der Waals surface area contributed by atoms with E-state index in [-0.39, 0.29) is 5.78 Å². The quantitative estimate of drug-likeness (QED) is 0.749. The third-order valence-corrected chi connectivity index (χ3v) is 3.57. The van der Waals surface area contributed by atoms with Crippen molar-refractivity contribution in [1.82, 2.24) is 0 Å². The van der Waals surface area contributed by atoms with Gasteiger partial charge in [-0.05, 0) is 25.3 Å². The zero-order chi connectivity index (χ0) is 13.2. The third-order valence-electron chi connectivity index (χ3n) is 3.57. The zero-order valence-corrected chi connectivity index (χ0v) is 11.0.